The minimum atomic E-state index is -0.184. The minimum Gasteiger partial charge on any atom is -0.313 e. The number of hydrogen-bond donors (Lipinski definition) is 1. The Morgan fingerprint density at radius 3 is 2.53 bits per heavy atom. The summed E-state index contributed by atoms with van der Waals surface area (Å²) in [5.41, 5.74) is 4.58. The molecule has 0 bridgehead atoms. The molecule has 1 aliphatic rings. The Kier molecular flexibility index (Phi) is 6.07. The molecule has 0 spiro atoms. The van der Waals surface area contributed by atoms with Gasteiger partial charge in [0.1, 0.15) is 5.69 Å². The van der Waals surface area contributed by atoms with Crippen molar-refractivity contribution in [2.24, 2.45) is 0 Å². The summed E-state index contributed by atoms with van der Waals surface area (Å²) < 4.78 is 2.75. The fourth-order valence-electron chi connectivity index (χ4n) is 3.33. The lowest BCUT2D eigenvalue weighted by atomic mass is 10.1. The van der Waals surface area contributed by atoms with Crippen molar-refractivity contribution < 1.29 is 4.79 Å². The highest BCUT2D eigenvalue weighted by atomic mass is 32.2. The predicted octanol–water partition coefficient (Wildman–Crippen LogP) is 5.55. The zero-order chi connectivity index (χ0) is 21.1. The maximum atomic E-state index is 12.3. The number of nitrogens with zero attached hydrogens (tertiary/aromatic N) is 3. The molecule has 0 atom stereocenters. The van der Waals surface area contributed by atoms with Gasteiger partial charge in [0.2, 0.25) is 0 Å². The zero-order valence-electron chi connectivity index (χ0n) is 16.9. The molecule has 0 radical (unpaired) electrons. The quantitative estimate of drug-likeness (QED) is 0.494. The van der Waals surface area contributed by atoms with Gasteiger partial charge in [0.15, 0.2) is 5.13 Å². The monoisotopic (exact) mass is 434 g/mol. The van der Waals surface area contributed by atoms with Gasteiger partial charge in [-0.1, -0.05) is 36.2 Å². The molecule has 1 aliphatic carbocycles. The van der Waals surface area contributed by atoms with Crippen molar-refractivity contribution in [3.63, 3.8) is 0 Å². The highest BCUT2D eigenvalue weighted by Crippen LogP contribution is 2.40. The second-order valence-electron chi connectivity index (χ2n) is 7.30. The van der Waals surface area contributed by atoms with Gasteiger partial charge in [-0.2, -0.15) is 5.26 Å². The van der Waals surface area contributed by atoms with E-state index in [1.54, 1.807) is 12.1 Å². The van der Waals surface area contributed by atoms with Crippen LogP contribution in [0.2, 0.25) is 0 Å². The average Bonchev–Trinajstić information content (AvgIpc) is 3.54. The molecule has 2 aromatic carbocycles. The van der Waals surface area contributed by atoms with Gasteiger partial charge in [-0.25, -0.2) is 4.98 Å². The van der Waals surface area contributed by atoms with Crippen LogP contribution in [0, 0.1) is 18.3 Å². The first-order chi connectivity index (χ1) is 14.6. The molecule has 5 nitrogen and oxygen atoms in total. The number of aromatic nitrogens is 1. The van der Waals surface area contributed by atoms with Gasteiger partial charge in [0.05, 0.1) is 18.2 Å². The maximum absolute atomic E-state index is 12.3. The fraction of sp³-hybridized carbons (Fsp3) is 0.261. The van der Waals surface area contributed by atoms with Crippen LogP contribution >= 0.6 is 23.3 Å². The van der Waals surface area contributed by atoms with Crippen LogP contribution in [0.3, 0.4) is 0 Å². The molecule has 1 heterocycles. The van der Waals surface area contributed by atoms with E-state index in [4.69, 9.17) is 5.26 Å². The molecule has 152 valence electrons. The third-order valence-electron chi connectivity index (χ3n) is 5.10. The summed E-state index contributed by atoms with van der Waals surface area (Å²) in [4.78, 5) is 20.0. The first-order valence-electron chi connectivity index (χ1n) is 9.76. The molecule has 3 aromatic rings. The van der Waals surface area contributed by atoms with Crippen molar-refractivity contribution >= 4 is 40.0 Å². The molecule has 4 rings (SSSR count). The third-order valence-corrected chi connectivity index (χ3v) is 6.49. The van der Waals surface area contributed by atoms with E-state index in [1.165, 1.54) is 47.3 Å². The van der Waals surface area contributed by atoms with E-state index >= 15 is 0 Å². The smallest absolute Gasteiger partial charge is 0.280 e. The largest absolute Gasteiger partial charge is 0.313 e. The lowest BCUT2D eigenvalue weighted by Gasteiger charge is -2.22. The predicted molar refractivity (Wildman–Crippen MR) is 123 cm³/mol. The van der Waals surface area contributed by atoms with E-state index in [1.807, 2.05) is 25.3 Å². The topological polar surface area (TPSA) is 69.0 Å². The molecule has 0 aliphatic heterocycles. The summed E-state index contributed by atoms with van der Waals surface area (Å²) in [6, 6.07) is 18.4. The number of aryl methyl sites for hydroxylation is 1. The average molecular weight is 435 g/mol. The molecule has 1 N–H and O–H groups in total. The van der Waals surface area contributed by atoms with Gasteiger partial charge in [0.25, 0.3) is 5.91 Å². The van der Waals surface area contributed by atoms with E-state index < -0.39 is 0 Å². The van der Waals surface area contributed by atoms with Crippen LogP contribution in [0.25, 0.3) is 0 Å². The molecule has 7 heteroatoms. The molecule has 1 amide bonds. The molecule has 0 saturated heterocycles. The van der Waals surface area contributed by atoms with Crippen LogP contribution in [0.4, 0.5) is 10.8 Å². The lowest BCUT2D eigenvalue weighted by Crippen LogP contribution is -2.19. The summed E-state index contributed by atoms with van der Waals surface area (Å²) in [7, 11) is 0. The number of anilines is 2. The Bertz CT molecular complexity index is 1080. The van der Waals surface area contributed by atoms with Crippen molar-refractivity contribution in [1.29, 1.82) is 5.26 Å². The molecule has 0 unspecified atom stereocenters. The van der Waals surface area contributed by atoms with Crippen LogP contribution in [-0.4, -0.2) is 17.1 Å². The zero-order valence-corrected chi connectivity index (χ0v) is 18.5. The van der Waals surface area contributed by atoms with Crippen LogP contribution in [0.15, 0.2) is 48.5 Å². The van der Waals surface area contributed by atoms with E-state index in [0.29, 0.717) is 17.8 Å². The highest BCUT2D eigenvalue weighted by Gasteiger charge is 2.24. The number of nitriles is 1. The van der Waals surface area contributed by atoms with Crippen molar-refractivity contribution in [2.45, 2.75) is 32.2 Å². The first kappa shape index (κ1) is 20.5. The first-order valence-corrected chi connectivity index (χ1v) is 11.8. The molecule has 30 heavy (non-hydrogen) atoms. The number of carbonyl (C=O) groups is 1. The van der Waals surface area contributed by atoms with E-state index in [2.05, 4.69) is 44.9 Å². The molecule has 1 saturated carbocycles. The van der Waals surface area contributed by atoms with Crippen molar-refractivity contribution in [2.75, 3.05) is 11.2 Å². The molecule has 1 fully saturated rings. The Balaban J connectivity index is 1.67. The molecular formula is C23H22N4OS2. The SMILES string of the molecule is CSNC(=O)c1nc(N(Cc2ccc(C3CC3)cc2)c2ccc(C#N)cc2)sc1C. The Hall–Kier alpha value is -2.82. The summed E-state index contributed by atoms with van der Waals surface area (Å²) >= 11 is 2.76. The number of rotatable bonds is 7. The van der Waals surface area contributed by atoms with Gasteiger partial charge in [-0.15, -0.1) is 11.3 Å². The van der Waals surface area contributed by atoms with Gasteiger partial charge < -0.3 is 4.90 Å². The summed E-state index contributed by atoms with van der Waals surface area (Å²) in [6.45, 7) is 2.55. The van der Waals surface area contributed by atoms with Crippen LogP contribution in [0.5, 0.6) is 0 Å². The normalized spacial score (nSPS) is 13.0. The van der Waals surface area contributed by atoms with E-state index in [-0.39, 0.29) is 5.91 Å². The van der Waals surface area contributed by atoms with Gasteiger partial charge >= 0.3 is 0 Å². The Labute approximate surface area is 184 Å². The minimum absolute atomic E-state index is 0.184. The van der Waals surface area contributed by atoms with Gasteiger partial charge in [0, 0.05) is 16.8 Å². The van der Waals surface area contributed by atoms with Gasteiger partial charge in [-0.05, 0) is 61.1 Å². The second kappa shape index (κ2) is 8.90. The van der Waals surface area contributed by atoms with E-state index in [9.17, 15) is 4.79 Å². The number of hydrogen-bond acceptors (Lipinski definition) is 6. The van der Waals surface area contributed by atoms with Gasteiger partial charge in [-0.3, -0.25) is 9.52 Å². The number of benzene rings is 2. The molecular weight excluding hydrogens is 412 g/mol. The summed E-state index contributed by atoms with van der Waals surface area (Å²) in [5, 5.41) is 9.89. The number of amides is 1. The fourth-order valence-corrected chi connectivity index (χ4v) is 4.54. The standard InChI is InChI=1S/C23H22N4OS2/c1-15-21(22(28)26-29-2)25-23(30-15)27(20-11-5-16(13-24)6-12-20)14-17-3-7-18(8-4-17)19-9-10-19/h3-8,11-12,19H,9-10,14H2,1-2H3,(H,26,28). The third kappa shape index (κ3) is 4.50. The van der Waals surface area contributed by atoms with Crippen LogP contribution in [-0.2, 0) is 6.54 Å². The highest BCUT2D eigenvalue weighted by molar-refractivity contribution is 7.97. The summed E-state index contributed by atoms with van der Waals surface area (Å²) in [5.74, 6) is 0.545. The maximum Gasteiger partial charge on any atom is 0.280 e. The lowest BCUT2D eigenvalue weighted by molar-refractivity contribution is 0.0980. The Morgan fingerprint density at radius 1 is 1.23 bits per heavy atom. The number of carbonyl (C=O) groups excluding carboxylic acids is 1. The number of thiazole rings is 1. The van der Waals surface area contributed by atoms with E-state index in [0.717, 1.165) is 21.6 Å². The number of nitrogens with one attached hydrogen (secondary N) is 1. The molecule has 1 aromatic heterocycles. The second-order valence-corrected chi connectivity index (χ2v) is 9.09. The van der Waals surface area contributed by atoms with Crippen molar-refractivity contribution in [1.82, 2.24) is 9.71 Å². The van der Waals surface area contributed by atoms with Crippen LogP contribution in [0.1, 0.15) is 50.8 Å². The van der Waals surface area contributed by atoms with Crippen LogP contribution < -0.4 is 9.62 Å². The van der Waals surface area contributed by atoms with Crippen molar-refractivity contribution in [3.8, 4) is 6.07 Å². The van der Waals surface area contributed by atoms with Crippen molar-refractivity contribution in [3.05, 3.63) is 75.8 Å². The summed E-state index contributed by atoms with van der Waals surface area (Å²) in [6.07, 6.45) is 4.39. The Morgan fingerprint density at radius 2 is 1.93 bits per heavy atom.